The Hall–Kier alpha value is -2.31. The van der Waals surface area contributed by atoms with E-state index in [4.69, 9.17) is 4.42 Å². The van der Waals surface area contributed by atoms with Crippen molar-refractivity contribution in [3.05, 3.63) is 23.4 Å². The molecule has 0 bridgehead atoms. The van der Waals surface area contributed by atoms with E-state index >= 15 is 0 Å². The second-order valence-electron chi connectivity index (χ2n) is 8.00. The molecule has 25 heavy (non-hydrogen) atoms. The van der Waals surface area contributed by atoms with Crippen molar-refractivity contribution in [3.8, 4) is 0 Å². The van der Waals surface area contributed by atoms with Gasteiger partial charge >= 0.3 is 6.01 Å². The van der Waals surface area contributed by atoms with E-state index in [0.717, 1.165) is 25.7 Å². The molecule has 0 radical (unpaired) electrons. The predicted octanol–water partition coefficient (Wildman–Crippen LogP) is 4.68. The van der Waals surface area contributed by atoms with Gasteiger partial charge in [0.1, 0.15) is 5.76 Å². The molecule has 0 amide bonds. The van der Waals surface area contributed by atoms with E-state index in [-0.39, 0.29) is 40.2 Å². The van der Waals surface area contributed by atoms with E-state index in [1.54, 1.807) is 0 Å². The highest BCUT2D eigenvalue weighted by Gasteiger charge is 2.44. The lowest BCUT2D eigenvalue weighted by atomic mass is 9.60. The summed E-state index contributed by atoms with van der Waals surface area (Å²) in [4.78, 5) is 27.5. The van der Waals surface area contributed by atoms with E-state index in [0.29, 0.717) is 18.3 Å². The molecule has 0 atom stereocenters. The molecule has 1 saturated carbocycles. The van der Waals surface area contributed by atoms with Gasteiger partial charge in [-0.15, -0.1) is 5.11 Å². The molecule has 1 spiro atoms. The van der Waals surface area contributed by atoms with Gasteiger partial charge in [0, 0.05) is 19.8 Å². The maximum absolute atomic E-state index is 12.5. The minimum atomic E-state index is -0.271. The number of aromatic nitrogens is 1. The Kier molecular flexibility index (Phi) is 4.34. The Morgan fingerprint density at radius 3 is 2.44 bits per heavy atom. The molecule has 0 aliphatic heterocycles. The molecule has 0 unspecified atom stereocenters. The monoisotopic (exact) mass is 345 g/mol. The number of ketones is 2. The highest BCUT2D eigenvalue weighted by molar-refractivity contribution is 5.96. The lowest BCUT2D eigenvalue weighted by molar-refractivity contribution is -0.120. The second kappa shape index (κ2) is 6.20. The van der Waals surface area contributed by atoms with Crippen LogP contribution in [0.4, 0.5) is 6.01 Å². The van der Waals surface area contributed by atoms with Crippen LogP contribution < -0.4 is 0 Å². The van der Waals surface area contributed by atoms with Crippen molar-refractivity contribution >= 4 is 17.6 Å². The summed E-state index contributed by atoms with van der Waals surface area (Å²) in [5.41, 5.74) is 0.117. The number of oxazole rings is 1. The average Bonchev–Trinajstić information content (AvgIpc) is 2.99. The number of nitrogens with zero attached hydrogens (tertiary/aromatic N) is 3. The second-order valence-corrected chi connectivity index (χ2v) is 8.00. The zero-order valence-electron chi connectivity index (χ0n) is 14.8. The summed E-state index contributed by atoms with van der Waals surface area (Å²) in [6.07, 6.45) is 6.05. The SMILES string of the molecule is CC(=O)c1cnc(N=NC2=C(O)CC3(CCC(C)(C)CC3)CC2=O)o1. The molecular formula is C18H23N3O4. The molecule has 7 heteroatoms. The topological polar surface area (TPSA) is 105 Å². The van der Waals surface area contributed by atoms with E-state index < -0.39 is 0 Å². The fourth-order valence-electron chi connectivity index (χ4n) is 3.58. The number of hydrogen-bond acceptors (Lipinski definition) is 7. The average molecular weight is 345 g/mol. The molecule has 1 fully saturated rings. The molecule has 2 aliphatic rings. The maximum Gasteiger partial charge on any atom is 0.341 e. The summed E-state index contributed by atoms with van der Waals surface area (Å²) in [6.45, 7) is 5.84. The van der Waals surface area contributed by atoms with Gasteiger partial charge in [-0.3, -0.25) is 9.59 Å². The van der Waals surface area contributed by atoms with E-state index in [1.165, 1.54) is 13.1 Å². The molecule has 0 saturated heterocycles. The van der Waals surface area contributed by atoms with Crippen LogP contribution in [0, 0.1) is 10.8 Å². The van der Waals surface area contributed by atoms with Crippen LogP contribution in [0.25, 0.3) is 0 Å². The number of allylic oxidation sites excluding steroid dienone is 2. The number of carbonyl (C=O) groups is 2. The van der Waals surface area contributed by atoms with Crippen molar-refractivity contribution in [2.45, 2.75) is 59.3 Å². The standard InChI is InChI=1S/C18H23N3O4/c1-11(22)14-10-19-16(25-14)21-20-15-12(23)8-18(9-13(15)24)6-4-17(2,3)5-7-18/h10,23H,4-9H2,1-3H3. The van der Waals surface area contributed by atoms with E-state index in [9.17, 15) is 14.7 Å². The molecule has 1 N–H and O–H groups in total. The van der Waals surface area contributed by atoms with Gasteiger partial charge < -0.3 is 9.52 Å². The molecular weight excluding hydrogens is 322 g/mol. The Morgan fingerprint density at radius 1 is 1.20 bits per heavy atom. The molecule has 134 valence electrons. The first-order valence-electron chi connectivity index (χ1n) is 8.54. The van der Waals surface area contributed by atoms with Gasteiger partial charge in [-0.05, 0) is 36.5 Å². The third-order valence-corrected chi connectivity index (χ3v) is 5.36. The zero-order chi connectivity index (χ0) is 18.2. The lowest BCUT2D eigenvalue weighted by Gasteiger charge is -2.44. The van der Waals surface area contributed by atoms with Gasteiger partial charge in [-0.25, -0.2) is 0 Å². The van der Waals surface area contributed by atoms with Crippen LogP contribution in [-0.2, 0) is 4.79 Å². The van der Waals surface area contributed by atoms with Crippen molar-refractivity contribution in [1.82, 2.24) is 4.98 Å². The molecule has 1 aromatic rings. The summed E-state index contributed by atoms with van der Waals surface area (Å²) in [6, 6.07) is -0.113. The molecule has 0 aromatic carbocycles. The van der Waals surface area contributed by atoms with Gasteiger partial charge in [0.2, 0.25) is 0 Å². The number of hydrogen-bond donors (Lipinski definition) is 1. The summed E-state index contributed by atoms with van der Waals surface area (Å²) in [7, 11) is 0. The third-order valence-electron chi connectivity index (χ3n) is 5.36. The molecule has 1 heterocycles. The first-order chi connectivity index (χ1) is 11.7. The predicted molar refractivity (Wildman–Crippen MR) is 89.6 cm³/mol. The van der Waals surface area contributed by atoms with Crippen LogP contribution in [0.5, 0.6) is 0 Å². The van der Waals surface area contributed by atoms with Crippen LogP contribution in [-0.4, -0.2) is 21.7 Å². The highest BCUT2D eigenvalue weighted by Crippen LogP contribution is 2.52. The van der Waals surface area contributed by atoms with Gasteiger partial charge in [0.15, 0.2) is 23.0 Å². The van der Waals surface area contributed by atoms with Crippen LogP contribution in [0.1, 0.15) is 69.9 Å². The van der Waals surface area contributed by atoms with Gasteiger partial charge in [0.05, 0.1) is 6.20 Å². The number of carbonyl (C=O) groups excluding carboxylic acids is 2. The first kappa shape index (κ1) is 17.5. The summed E-state index contributed by atoms with van der Waals surface area (Å²) in [5, 5.41) is 17.9. The molecule has 1 aromatic heterocycles. The molecule has 2 aliphatic carbocycles. The van der Waals surface area contributed by atoms with Crippen LogP contribution in [0.15, 0.2) is 32.3 Å². The zero-order valence-corrected chi connectivity index (χ0v) is 14.8. The van der Waals surface area contributed by atoms with Crippen molar-refractivity contribution < 1.29 is 19.1 Å². The summed E-state index contributed by atoms with van der Waals surface area (Å²) < 4.78 is 5.10. The fourth-order valence-corrected chi connectivity index (χ4v) is 3.58. The van der Waals surface area contributed by atoms with Crippen molar-refractivity contribution in [1.29, 1.82) is 0 Å². The maximum atomic E-state index is 12.5. The Labute approximate surface area is 146 Å². The summed E-state index contributed by atoms with van der Waals surface area (Å²) >= 11 is 0. The number of azo groups is 1. The third kappa shape index (κ3) is 3.70. The van der Waals surface area contributed by atoms with Crippen molar-refractivity contribution in [2.75, 3.05) is 0 Å². The Balaban J connectivity index is 1.76. The smallest absolute Gasteiger partial charge is 0.341 e. The Bertz CT molecular complexity index is 763. The number of aliphatic hydroxyl groups is 1. The normalized spacial score (nSPS) is 22.8. The largest absolute Gasteiger partial charge is 0.510 e. The van der Waals surface area contributed by atoms with Crippen LogP contribution in [0.2, 0.25) is 0 Å². The van der Waals surface area contributed by atoms with Crippen LogP contribution in [0.3, 0.4) is 0 Å². The quantitative estimate of drug-likeness (QED) is 0.632. The lowest BCUT2D eigenvalue weighted by Crippen LogP contribution is -2.36. The van der Waals surface area contributed by atoms with Crippen LogP contribution >= 0.6 is 0 Å². The molecule has 3 rings (SSSR count). The van der Waals surface area contributed by atoms with E-state index in [2.05, 4.69) is 29.1 Å². The highest BCUT2D eigenvalue weighted by atomic mass is 16.4. The van der Waals surface area contributed by atoms with Gasteiger partial charge in [0.25, 0.3) is 0 Å². The minimum Gasteiger partial charge on any atom is -0.510 e. The van der Waals surface area contributed by atoms with E-state index in [1.807, 2.05) is 0 Å². The molecule has 7 nitrogen and oxygen atoms in total. The number of aliphatic hydroxyl groups excluding tert-OH is 1. The first-order valence-corrected chi connectivity index (χ1v) is 8.54. The summed E-state index contributed by atoms with van der Waals surface area (Å²) in [5.74, 6) is -0.415. The van der Waals surface area contributed by atoms with Crippen molar-refractivity contribution in [3.63, 3.8) is 0 Å². The number of Topliss-reactive ketones (excluding diaryl/α,β-unsaturated/α-hetero) is 2. The fraction of sp³-hybridized carbons (Fsp3) is 0.611. The minimum absolute atomic E-state index is 0.0157. The van der Waals surface area contributed by atoms with Crippen molar-refractivity contribution in [2.24, 2.45) is 21.1 Å². The Morgan fingerprint density at radius 2 is 1.88 bits per heavy atom. The van der Waals surface area contributed by atoms with Gasteiger partial charge in [-0.1, -0.05) is 19.0 Å². The number of rotatable bonds is 3. The van der Waals surface area contributed by atoms with Gasteiger partial charge in [-0.2, -0.15) is 4.98 Å².